The number of nitrogen functional groups attached to an aromatic ring is 1. The van der Waals surface area contributed by atoms with Crippen molar-refractivity contribution in [2.24, 2.45) is 0 Å². The number of anilines is 1. The number of para-hydroxylation sites is 1. The molecule has 0 unspecified atom stereocenters. The fraction of sp³-hybridized carbons (Fsp3) is 0.0909. The Hall–Kier alpha value is -1.70. The minimum Gasteiger partial charge on any atom is -0.385 e. The number of aryl methyl sites for hydroxylation is 1. The van der Waals surface area contributed by atoms with Crippen LogP contribution in [0.2, 0.25) is 0 Å². The van der Waals surface area contributed by atoms with Gasteiger partial charge in [0.1, 0.15) is 5.82 Å². The number of nitrogens with zero attached hydrogens (tertiary/aromatic N) is 1. The van der Waals surface area contributed by atoms with Crippen LogP contribution in [-0.2, 0) is 0 Å². The molecule has 0 aliphatic carbocycles. The third-order valence-electron chi connectivity index (χ3n) is 2.17. The van der Waals surface area contributed by atoms with Crippen LogP contribution in [0.25, 0.3) is 5.69 Å². The van der Waals surface area contributed by atoms with Crippen LogP contribution in [0.3, 0.4) is 0 Å². The molecule has 1 heterocycles. The van der Waals surface area contributed by atoms with Crippen LogP contribution in [0.5, 0.6) is 0 Å². The van der Waals surface area contributed by atoms with E-state index in [1.54, 1.807) is 0 Å². The average Bonchev–Trinajstić information content (AvgIpc) is 2.49. The monoisotopic (exact) mass is 172 g/mol. The molecule has 0 spiro atoms. The zero-order valence-electron chi connectivity index (χ0n) is 7.57. The van der Waals surface area contributed by atoms with E-state index in [1.165, 1.54) is 0 Å². The summed E-state index contributed by atoms with van der Waals surface area (Å²) in [7, 11) is 0. The van der Waals surface area contributed by atoms with Gasteiger partial charge >= 0.3 is 0 Å². The quantitative estimate of drug-likeness (QED) is 0.703. The lowest BCUT2D eigenvalue weighted by Gasteiger charge is -2.05. The van der Waals surface area contributed by atoms with E-state index < -0.39 is 0 Å². The number of hydrogen-bond acceptors (Lipinski definition) is 1. The first-order valence-electron chi connectivity index (χ1n) is 4.28. The molecule has 0 saturated carbocycles. The summed E-state index contributed by atoms with van der Waals surface area (Å²) in [6.45, 7) is 2.01. The maximum Gasteiger partial charge on any atom is 0.110 e. The smallest absolute Gasteiger partial charge is 0.110 e. The molecule has 0 aliphatic heterocycles. The van der Waals surface area contributed by atoms with Crippen LogP contribution < -0.4 is 5.73 Å². The predicted octanol–water partition coefficient (Wildman–Crippen LogP) is 2.37. The van der Waals surface area contributed by atoms with Crippen molar-refractivity contribution in [3.8, 4) is 5.69 Å². The highest BCUT2D eigenvalue weighted by molar-refractivity contribution is 5.48. The van der Waals surface area contributed by atoms with E-state index in [1.807, 2.05) is 54.1 Å². The molecule has 0 bridgehead atoms. The van der Waals surface area contributed by atoms with Gasteiger partial charge in [-0.25, -0.2) is 0 Å². The molecule has 0 radical (unpaired) electrons. The third kappa shape index (κ3) is 1.31. The van der Waals surface area contributed by atoms with Gasteiger partial charge in [-0.3, -0.25) is 0 Å². The summed E-state index contributed by atoms with van der Waals surface area (Å²) in [6, 6.07) is 12.1. The molecular weight excluding hydrogens is 160 g/mol. The molecule has 1 aromatic carbocycles. The highest BCUT2D eigenvalue weighted by Gasteiger charge is 2.01. The molecule has 13 heavy (non-hydrogen) atoms. The zero-order chi connectivity index (χ0) is 9.26. The molecule has 2 aromatic rings. The van der Waals surface area contributed by atoms with Gasteiger partial charge in [-0.05, 0) is 30.7 Å². The number of rotatable bonds is 1. The molecule has 0 atom stereocenters. The lowest BCUT2D eigenvalue weighted by molar-refractivity contribution is 1.09. The summed E-state index contributed by atoms with van der Waals surface area (Å²) in [6.07, 6.45) is 1.99. The Balaban J connectivity index is 2.53. The molecule has 0 fully saturated rings. The van der Waals surface area contributed by atoms with Gasteiger partial charge in [-0.2, -0.15) is 0 Å². The molecule has 2 N–H and O–H groups in total. The van der Waals surface area contributed by atoms with Crippen molar-refractivity contribution in [2.45, 2.75) is 6.92 Å². The van der Waals surface area contributed by atoms with Crippen molar-refractivity contribution in [1.82, 2.24) is 4.57 Å². The van der Waals surface area contributed by atoms with Gasteiger partial charge in [-0.15, -0.1) is 0 Å². The Morgan fingerprint density at radius 2 is 1.77 bits per heavy atom. The minimum atomic E-state index is 0.811. The van der Waals surface area contributed by atoms with E-state index in [-0.39, 0.29) is 0 Å². The standard InChI is InChI=1S/C11H12N2/c1-9-7-8-13(11(9)12)10-5-3-2-4-6-10/h2-8H,12H2,1H3. The van der Waals surface area contributed by atoms with E-state index in [0.717, 1.165) is 17.1 Å². The van der Waals surface area contributed by atoms with Crippen molar-refractivity contribution in [3.63, 3.8) is 0 Å². The van der Waals surface area contributed by atoms with E-state index in [2.05, 4.69) is 0 Å². The summed E-state index contributed by atoms with van der Waals surface area (Å²) in [5.41, 5.74) is 8.12. The molecule has 2 heteroatoms. The van der Waals surface area contributed by atoms with Crippen molar-refractivity contribution < 1.29 is 0 Å². The fourth-order valence-corrected chi connectivity index (χ4v) is 1.36. The summed E-state index contributed by atoms with van der Waals surface area (Å²) in [5.74, 6) is 0.811. The number of hydrogen-bond donors (Lipinski definition) is 1. The van der Waals surface area contributed by atoms with Crippen LogP contribution in [0.15, 0.2) is 42.6 Å². The Bertz CT molecular complexity index is 401. The van der Waals surface area contributed by atoms with Crippen molar-refractivity contribution >= 4 is 5.82 Å². The summed E-state index contributed by atoms with van der Waals surface area (Å²) >= 11 is 0. The van der Waals surface area contributed by atoms with Crippen molar-refractivity contribution in [3.05, 3.63) is 48.2 Å². The predicted molar refractivity (Wildman–Crippen MR) is 54.9 cm³/mol. The number of aromatic nitrogens is 1. The molecule has 0 saturated heterocycles. The second-order valence-electron chi connectivity index (χ2n) is 3.09. The molecule has 0 aliphatic rings. The van der Waals surface area contributed by atoms with Crippen molar-refractivity contribution in [1.29, 1.82) is 0 Å². The number of benzene rings is 1. The minimum absolute atomic E-state index is 0.811. The Morgan fingerprint density at radius 3 is 2.31 bits per heavy atom. The number of nitrogens with two attached hydrogens (primary N) is 1. The highest BCUT2D eigenvalue weighted by atomic mass is 15.0. The SMILES string of the molecule is Cc1ccn(-c2ccccc2)c1N. The highest BCUT2D eigenvalue weighted by Crippen LogP contribution is 2.17. The van der Waals surface area contributed by atoms with Crippen LogP contribution in [0.4, 0.5) is 5.82 Å². The third-order valence-corrected chi connectivity index (χ3v) is 2.17. The van der Waals surface area contributed by atoms with Gasteiger partial charge in [0.05, 0.1) is 0 Å². The summed E-state index contributed by atoms with van der Waals surface area (Å²) in [4.78, 5) is 0. The van der Waals surface area contributed by atoms with E-state index in [0.29, 0.717) is 0 Å². The lowest BCUT2D eigenvalue weighted by atomic mass is 10.3. The van der Waals surface area contributed by atoms with Crippen LogP contribution >= 0.6 is 0 Å². The Morgan fingerprint density at radius 1 is 1.08 bits per heavy atom. The second kappa shape index (κ2) is 2.98. The van der Waals surface area contributed by atoms with Gasteiger partial charge in [-0.1, -0.05) is 18.2 Å². The lowest BCUT2D eigenvalue weighted by Crippen LogP contribution is -1.98. The summed E-state index contributed by atoms with van der Waals surface area (Å²) < 4.78 is 1.98. The molecule has 2 nitrogen and oxygen atoms in total. The van der Waals surface area contributed by atoms with Gasteiger partial charge in [0, 0.05) is 11.9 Å². The molecule has 1 aromatic heterocycles. The zero-order valence-corrected chi connectivity index (χ0v) is 7.57. The van der Waals surface area contributed by atoms with Crippen molar-refractivity contribution in [2.75, 3.05) is 5.73 Å². The van der Waals surface area contributed by atoms with E-state index >= 15 is 0 Å². The fourth-order valence-electron chi connectivity index (χ4n) is 1.36. The first-order valence-corrected chi connectivity index (χ1v) is 4.28. The Kier molecular flexibility index (Phi) is 1.81. The maximum atomic E-state index is 5.90. The topological polar surface area (TPSA) is 30.9 Å². The molecule has 66 valence electrons. The second-order valence-corrected chi connectivity index (χ2v) is 3.09. The summed E-state index contributed by atoms with van der Waals surface area (Å²) in [5, 5.41) is 0. The van der Waals surface area contributed by atoms with Crippen LogP contribution in [0, 0.1) is 6.92 Å². The van der Waals surface area contributed by atoms with Gasteiger partial charge in [0.25, 0.3) is 0 Å². The van der Waals surface area contributed by atoms with Crippen LogP contribution in [0.1, 0.15) is 5.56 Å². The largest absolute Gasteiger partial charge is 0.385 e. The normalized spacial score (nSPS) is 10.2. The van der Waals surface area contributed by atoms with Crippen LogP contribution in [-0.4, -0.2) is 4.57 Å². The molecule has 0 amide bonds. The first-order chi connectivity index (χ1) is 6.29. The maximum absolute atomic E-state index is 5.90. The van der Waals surface area contributed by atoms with E-state index in [9.17, 15) is 0 Å². The molecule has 2 rings (SSSR count). The van der Waals surface area contributed by atoms with Gasteiger partial charge in [0.2, 0.25) is 0 Å². The molecular formula is C11H12N2. The average molecular weight is 172 g/mol. The van der Waals surface area contributed by atoms with E-state index in [4.69, 9.17) is 5.73 Å². The van der Waals surface area contributed by atoms with Gasteiger partial charge < -0.3 is 10.3 Å². The Labute approximate surface area is 77.6 Å². The first kappa shape index (κ1) is 7.92. The van der Waals surface area contributed by atoms with Gasteiger partial charge in [0.15, 0.2) is 0 Å².